The fourth-order valence-electron chi connectivity index (χ4n) is 1.07. The average molecular weight is 275 g/mol. The first-order chi connectivity index (χ1) is 8.43. The summed E-state index contributed by atoms with van der Waals surface area (Å²) in [4.78, 5) is 31.7. The second kappa shape index (κ2) is 9.52. The number of hydrogen-bond acceptors (Lipinski definition) is 4. The molecular weight excluding hydrogens is 258 g/mol. The summed E-state index contributed by atoms with van der Waals surface area (Å²) >= 11 is 1.40. The number of allylic oxidation sites excluding steroid dienone is 1. The lowest BCUT2D eigenvalue weighted by atomic mass is 10.3. The average Bonchev–Trinajstić information content (AvgIpc) is 2.25. The zero-order chi connectivity index (χ0) is 14.0. The second-order valence-electron chi connectivity index (χ2n) is 3.52. The summed E-state index contributed by atoms with van der Waals surface area (Å²) in [6.45, 7) is 1.27. The van der Waals surface area contributed by atoms with E-state index in [-0.39, 0.29) is 12.3 Å². The molecule has 0 saturated carbocycles. The van der Waals surface area contributed by atoms with Crippen molar-refractivity contribution in [3.8, 4) is 0 Å². The topological polar surface area (TPSA) is 104 Å². The van der Waals surface area contributed by atoms with Gasteiger partial charge in [-0.2, -0.15) is 11.8 Å². The Hall–Kier alpha value is -1.50. The number of aliphatic carboxylic acids is 2. The van der Waals surface area contributed by atoms with Crippen molar-refractivity contribution in [3.05, 3.63) is 12.2 Å². The molecule has 7 heteroatoms. The highest BCUT2D eigenvalue weighted by Gasteiger charge is 2.17. The number of nitrogens with one attached hydrogen (secondary N) is 1. The van der Waals surface area contributed by atoms with Crippen molar-refractivity contribution in [2.24, 2.45) is 0 Å². The van der Waals surface area contributed by atoms with Crippen LogP contribution in [0.3, 0.4) is 0 Å². The summed E-state index contributed by atoms with van der Waals surface area (Å²) in [7, 11) is 0. The first-order valence-electron chi connectivity index (χ1n) is 5.38. The largest absolute Gasteiger partial charge is 0.481 e. The van der Waals surface area contributed by atoms with Crippen LogP contribution in [0.4, 0.5) is 0 Å². The van der Waals surface area contributed by atoms with Gasteiger partial charge in [0.05, 0.1) is 6.42 Å². The number of carboxylic acid groups (broad SMARTS) is 2. The lowest BCUT2D eigenvalue weighted by Gasteiger charge is -2.12. The fourth-order valence-corrected chi connectivity index (χ4v) is 2.01. The maximum Gasteiger partial charge on any atom is 0.327 e. The van der Waals surface area contributed by atoms with Crippen LogP contribution < -0.4 is 5.32 Å². The van der Waals surface area contributed by atoms with Gasteiger partial charge in [-0.05, 0) is 12.2 Å². The van der Waals surface area contributed by atoms with Gasteiger partial charge in [0, 0.05) is 12.7 Å². The van der Waals surface area contributed by atoms with Crippen LogP contribution in [-0.4, -0.2) is 45.6 Å². The summed E-state index contributed by atoms with van der Waals surface area (Å²) in [5.41, 5.74) is 0. The van der Waals surface area contributed by atoms with Gasteiger partial charge >= 0.3 is 11.9 Å². The highest BCUT2D eigenvalue weighted by Crippen LogP contribution is 2.06. The number of amides is 1. The van der Waals surface area contributed by atoms with Gasteiger partial charge in [0.2, 0.25) is 5.91 Å². The van der Waals surface area contributed by atoms with E-state index in [1.165, 1.54) is 18.7 Å². The van der Waals surface area contributed by atoms with E-state index in [9.17, 15) is 14.4 Å². The summed E-state index contributed by atoms with van der Waals surface area (Å²) < 4.78 is 0. The molecule has 0 aromatic heterocycles. The quantitative estimate of drug-likeness (QED) is 0.423. The molecule has 0 saturated heterocycles. The zero-order valence-corrected chi connectivity index (χ0v) is 10.9. The molecule has 0 aliphatic heterocycles. The van der Waals surface area contributed by atoms with Crippen molar-refractivity contribution in [2.75, 3.05) is 11.5 Å². The smallest absolute Gasteiger partial charge is 0.327 e. The molecule has 0 aromatic rings. The maximum absolute atomic E-state index is 10.8. The lowest BCUT2D eigenvalue weighted by Crippen LogP contribution is -2.41. The van der Waals surface area contributed by atoms with Crippen LogP contribution in [0, 0.1) is 0 Å². The lowest BCUT2D eigenvalue weighted by molar-refractivity contribution is -0.140. The molecule has 1 amide bonds. The van der Waals surface area contributed by atoms with Crippen molar-refractivity contribution in [1.29, 1.82) is 0 Å². The molecule has 3 N–H and O–H groups in total. The predicted octanol–water partition coefficient (Wildman–Crippen LogP) is 0.730. The Balaban J connectivity index is 3.73. The molecule has 0 fully saturated rings. The van der Waals surface area contributed by atoms with E-state index in [1.807, 2.05) is 0 Å². The number of thioether (sulfide) groups is 1. The first kappa shape index (κ1) is 16.5. The third kappa shape index (κ3) is 9.71. The van der Waals surface area contributed by atoms with Gasteiger partial charge in [-0.25, -0.2) is 4.79 Å². The number of hydrogen-bond donors (Lipinski definition) is 3. The zero-order valence-electron chi connectivity index (χ0n) is 10.1. The fraction of sp³-hybridized carbons (Fsp3) is 0.545. The maximum atomic E-state index is 10.8. The molecule has 0 spiro atoms. The highest BCUT2D eigenvalue weighted by molar-refractivity contribution is 7.99. The summed E-state index contributed by atoms with van der Waals surface area (Å²) in [5.74, 6) is -1.33. The molecule has 0 bridgehead atoms. The molecule has 18 heavy (non-hydrogen) atoms. The van der Waals surface area contributed by atoms with Gasteiger partial charge in [0.1, 0.15) is 6.04 Å². The van der Waals surface area contributed by atoms with Crippen LogP contribution in [0.5, 0.6) is 0 Å². The second-order valence-corrected chi connectivity index (χ2v) is 4.67. The Bertz CT molecular complexity index is 329. The molecule has 0 radical (unpaired) electrons. The van der Waals surface area contributed by atoms with Gasteiger partial charge in [-0.15, -0.1) is 0 Å². The van der Waals surface area contributed by atoms with Crippen LogP contribution in [0.1, 0.15) is 19.8 Å². The minimum atomic E-state index is -1.06. The van der Waals surface area contributed by atoms with Crippen molar-refractivity contribution in [2.45, 2.75) is 25.8 Å². The van der Waals surface area contributed by atoms with E-state index in [1.54, 1.807) is 12.2 Å². The molecule has 6 nitrogen and oxygen atoms in total. The van der Waals surface area contributed by atoms with Gasteiger partial charge in [0.25, 0.3) is 0 Å². The van der Waals surface area contributed by atoms with Crippen LogP contribution in [0.25, 0.3) is 0 Å². The molecule has 0 rings (SSSR count). The SMILES string of the molecule is CC(=O)N[C@H](CSCC/C=C\CC(=O)O)C(=O)O. The summed E-state index contributed by atoms with van der Waals surface area (Å²) in [5, 5.41) is 19.5. The van der Waals surface area contributed by atoms with Crippen LogP contribution in [-0.2, 0) is 14.4 Å². The predicted molar refractivity (Wildman–Crippen MR) is 68.6 cm³/mol. The van der Waals surface area contributed by atoms with E-state index in [0.717, 1.165) is 0 Å². The molecule has 0 heterocycles. The molecule has 0 unspecified atom stereocenters. The molecular formula is C11H17NO5S. The normalized spacial score (nSPS) is 12.3. The van der Waals surface area contributed by atoms with E-state index >= 15 is 0 Å². The van der Waals surface area contributed by atoms with Gasteiger partial charge in [-0.1, -0.05) is 12.2 Å². The summed E-state index contributed by atoms with van der Waals surface area (Å²) in [6.07, 6.45) is 3.97. The minimum Gasteiger partial charge on any atom is -0.481 e. The first-order valence-corrected chi connectivity index (χ1v) is 6.53. The van der Waals surface area contributed by atoms with Crippen molar-refractivity contribution >= 4 is 29.6 Å². The standard InChI is InChI=1S/C11H17NO5S/c1-8(13)12-9(11(16)17)7-18-6-4-2-3-5-10(14)15/h2-3,9H,4-7H2,1H3,(H,12,13)(H,14,15)(H,16,17)/b3-2-/t9-/m1/s1. The third-order valence-corrected chi connectivity index (χ3v) is 2.94. The molecule has 0 aromatic carbocycles. The van der Waals surface area contributed by atoms with Crippen molar-refractivity contribution < 1.29 is 24.6 Å². The van der Waals surface area contributed by atoms with Crippen molar-refractivity contribution in [1.82, 2.24) is 5.32 Å². The van der Waals surface area contributed by atoms with E-state index in [2.05, 4.69) is 5.32 Å². The summed E-state index contributed by atoms with van der Waals surface area (Å²) in [6, 6.07) is -0.879. The number of carbonyl (C=O) groups excluding carboxylic acids is 1. The third-order valence-electron chi connectivity index (χ3n) is 1.85. The molecule has 102 valence electrons. The highest BCUT2D eigenvalue weighted by atomic mass is 32.2. The van der Waals surface area contributed by atoms with Gasteiger partial charge in [0.15, 0.2) is 0 Å². The van der Waals surface area contributed by atoms with Crippen molar-refractivity contribution in [3.63, 3.8) is 0 Å². The van der Waals surface area contributed by atoms with Crippen LogP contribution in [0.15, 0.2) is 12.2 Å². The number of carbonyl (C=O) groups is 3. The Morgan fingerprint density at radius 3 is 2.44 bits per heavy atom. The van der Waals surface area contributed by atoms with Gasteiger partial charge < -0.3 is 15.5 Å². The Kier molecular flexibility index (Phi) is 8.73. The Morgan fingerprint density at radius 1 is 1.28 bits per heavy atom. The monoisotopic (exact) mass is 275 g/mol. The molecule has 0 aliphatic rings. The van der Waals surface area contributed by atoms with E-state index in [0.29, 0.717) is 17.9 Å². The van der Waals surface area contributed by atoms with Crippen LogP contribution >= 0.6 is 11.8 Å². The number of rotatable bonds is 9. The molecule has 1 atom stereocenters. The van der Waals surface area contributed by atoms with E-state index < -0.39 is 18.0 Å². The molecule has 0 aliphatic carbocycles. The Morgan fingerprint density at radius 2 is 1.94 bits per heavy atom. The minimum absolute atomic E-state index is 0.00565. The Labute approximate surface area is 109 Å². The van der Waals surface area contributed by atoms with E-state index in [4.69, 9.17) is 10.2 Å². The van der Waals surface area contributed by atoms with Crippen LogP contribution in [0.2, 0.25) is 0 Å². The van der Waals surface area contributed by atoms with Gasteiger partial charge in [-0.3, -0.25) is 9.59 Å². The number of carboxylic acids is 2.